The van der Waals surface area contributed by atoms with E-state index in [1.54, 1.807) is 6.07 Å². The quantitative estimate of drug-likeness (QED) is 0.299. The number of aromatic carboxylic acids is 1. The van der Waals surface area contributed by atoms with E-state index in [1.807, 2.05) is 33.8 Å². The summed E-state index contributed by atoms with van der Waals surface area (Å²) in [5, 5.41) is 18.9. The zero-order valence-corrected chi connectivity index (χ0v) is 23.6. The minimum atomic E-state index is -1.98. The number of aromatic hydroxyl groups is 1. The van der Waals surface area contributed by atoms with Gasteiger partial charge >= 0.3 is 127 Å². The summed E-state index contributed by atoms with van der Waals surface area (Å²) >= 11 is -1.98. The fraction of sp³-hybridized carbons (Fsp3) is 0.194. The van der Waals surface area contributed by atoms with E-state index in [0.29, 0.717) is 5.56 Å². The first-order valence-corrected chi connectivity index (χ1v) is 16.2. The van der Waals surface area contributed by atoms with E-state index in [1.165, 1.54) is 10.7 Å². The van der Waals surface area contributed by atoms with Crippen LogP contribution in [-0.2, 0) is 0 Å². The molecule has 179 valence electrons. The molecule has 0 bridgehead atoms. The fourth-order valence-electron chi connectivity index (χ4n) is 3.93. The SMILES string of the molecule is CC(C)c1cc(C(=O)O)c(O)c(C(C)C)c1.c1cc[c]([Sn]([c]2ccccc2)[c]2ccccc2)cc1. The molecule has 0 unspecified atom stereocenters. The van der Waals surface area contributed by atoms with E-state index in [0.717, 1.165) is 5.56 Å². The van der Waals surface area contributed by atoms with Crippen LogP contribution in [0.15, 0.2) is 103 Å². The van der Waals surface area contributed by atoms with Crippen molar-refractivity contribution < 1.29 is 15.0 Å². The summed E-state index contributed by atoms with van der Waals surface area (Å²) in [7, 11) is 0. The van der Waals surface area contributed by atoms with Crippen molar-refractivity contribution in [1.29, 1.82) is 0 Å². The van der Waals surface area contributed by atoms with Crippen LogP contribution in [0, 0.1) is 0 Å². The van der Waals surface area contributed by atoms with Gasteiger partial charge in [-0.25, -0.2) is 4.79 Å². The van der Waals surface area contributed by atoms with Crippen LogP contribution in [0.4, 0.5) is 0 Å². The first kappa shape index (κ1) is 26.6. The maximum absolute atomic E-state index is 11.0. The molecular formula is C31H33O3Sn. The predicted molar refractivity (Wildman–Crippen MR) is 147 cm³/mol. The molecule has 4 heteroatoms. The molecular weight excluding hydrogens is 539 g/mol. The summed E-state index contributed by atoms with van der Waals surface area (Å²) in [4.78, 5) is 11.0. The molecule has 4 aromatic carbocycles. The summed E-state index contributed by atoms with van der Waals surface area (Å²) in [6, 6.07) is 36.4. The van der Waals surface area contributed by atoms with Gasteiger partial charge in [-0.1, -0.05) is 33.8 Å². The Labute approximate surface area is 215 Å². The summed E-state index contributed by atoms with van der Waals surface area (Å²) in [6.07, 6.45) is 0. The van der Waals surface area contributed by atoms with Crippen LogP contribution in [0.3, 0.4) is 0 Å². The van der Waals surface area contributed by atoms with Crippen LogP contribution >= 0.6 is 0 Å². The Morgan fingerprint density at radius 3 is 1.37 bits per heavy atom. The van der Waals surface area contributed by atoms with Crippen LogP contribution in [-0.4, -0.2) is 35.9 Å². The van der Waals surface area contributed by atoms with E-state index in [-0.39, 0.29) is 23.1 Å². The number of carbonyl (C=O) groups is 1. The van der Waals surface area contributed by atoms with Gasteiger partial charge in [-0.15, -0.1) is 0 Å². The van der Waals surface area contributed by atoms with Gasteiger partial charge < -0.3 is 10.2 Å². The topological polar surface area (TPSA) is 57.5 Å². The van der Waals surface area contributed by atoms with Gasteiger partial charge in [0, 0.05) is 0 Å². The predicted octanol–water partition coefficient (Wildman–Crippen LogP) is 5.54. The average molecular weight is 572 g/mol. The molecule has 0 saturated carbocycles. The first-order chi connectivity index (χ1) is 16.8. The van der Waals surface area contributed by atoms with Gasteiger partial charge in [-0.3, -0.25) is 0 Å². The Morgan fingerprint density at radius 2 is 1.06 bits per heavy atom. The normalized spacial score (nSPS) is 10.8. The number of rotatable bonds is 6. The molecule has 0 aliphatic rings. The number of hydrogen-bond donors (Lipinski definition) is 2. The molecule has 0 saturated heterocycles. The molecule has 0 spiro atoms. The van der Waals surface area contributed by atoms with Gasteiger partial charge in [0.15, 0.2) is 0 Å². The van der Waals surface area contributed by atoms with Gasteiger partial charge in [-0.05, 0) is 29.0 Å². The third-order valence-electron chi connectivity index (χ3n) is 5.87. The van der Waals surface area contributed by atoms with Crippen molar-refractivity contribution in [2.24, 2.45) is 0 Å². The third kappa shape index (κ3) is 6.98. The average Bonchev–Trinajstić information content (AvgIpc) is 2.86. The molecule has 0 heterocycles. The van der Waals surface area contributed by atoms with Crippen molar-refractivity contribution in [2.75, 3.05) is 0 Å². The van der Waals surface area contributed by atoms with E-state index in [9.17, 15) is 9.90 Å². The van der Waals surface area contributed by atoms with Gasteiger partial charge in [0.2, 0.25) is 0 Å². The second-order valence-electron chi connectivity index (χ2n) is 9.09. The fourth-order valence-corrected chi connectivity index (χ4v) is 11.3. The number of phenols is 1. The van der Waals surface area contributed by atoms with Gasteiger partial charge in [0.1, 0.15) is 11.3 Å². The zero-order chi connectivity index (χ0) is 25.4. The van der Waals surface area contributed by atoms with Gasteiger partial charge in [0.25, 0.3) is 0 Å². The van der Waals surface area contributed by atoms with Gasteiger partial charge in [-0.2, -0.15) is 0 Å². The molecule has 4 rings (SSSR count). The summed E-state index contributed by atoms with van der Waals surface area (Å²) in [5.74, 6) is -0.832. The molecule has 1 radical (unpaired) electrons. The van der Waals surface area contributed by atoms with Crippen LogP contribution in [0.1, 0.15) is 61.0 Å². The first-order valence-electron chi connectivity index (χ1n) is 11.9. The van der Waals surface area contributed by atoms with Crippen molar-refractivity contribution in [2.45, 2.75) is 39.5 Å². The Hall–Kier alpha value is -3.05. The van der Waals surface area contributed by atoms with Crippen molar-refractivity contribution >= 4 is 36.5 Å². The molecule has 0 aliphatic carbocycles. The third-order valence-corrected chi connectivity index (χ3v) is 13.7. The molecule has 0 fully saturated rings. The molecule has 2 N–H and O–H groups in total. The van der Waals surface area contributed by atoms with Crippen molar-refractivity contribution in [3.8, 4) is 5.75 Å². The summed E-state index contributed by atoms with van der Waals surface area (Å²) in [5.41, 5.74) is 1.64. The van der Waals surface area contributed by atoms with Crippen molar-refractivity contribution in [1.82, 2.24) is 0 Å². The van der Waals surface area contributed by atoms with Crippen molar-refractivity contribution in [3.63, 3.8) is 0 Å². The molecule has 0 aliphatic heterocycles. The molecule has 3 nitrogen and oxygen atoms in total. The molecule has 0 amide bonds. The van der Waals surface area contributed by atoms with E-state index >= 15 is 0 Å². The number of hydrogen-bond acceptors (Lipinski definition) is 2. The summed E-state index contributed by atoms with van der Waals surface area (Å²) < 4.78 is 4.59. The van der Waals surface area contributed by atoms with E-state index in [4.69, 9.17) is 5.11 Å². The number of carboxylic acid groups (broad SMARTS) is 1. The monoisotopic (exact) mass is 573 g/mol. The van der Waals surface area contributed by atoms with Crippen molar-refractivity contribution in [3.05, 3.63) is 120 Å². The number of benzene rings is 4. The number of carboxylic acids is 1. The minimum absolute atomic E-state index is 0.00472. The Balaban J connectivity index is 0.000000199. The van der Waals surface area contributed by atoms with Crippen LogP contribution in [0.2, 0.25) is 0 Å². The van der Waals surface area contributed by atoms with E-state index in [2.05, 4.69) is 91.0 Å². The van der Waals surface area contributed by atoms with Crippen LogP contribution in [0.5, 0.6) is 5.75 Å². The Morgan fingerprint density at radius 1 is 0.657 bits per heavy atom. The zero-order valence-electron chi connectivity index (χ0n) is 20.8. The van der Waals surface area contributed by atoms with Crippen LogP contribution in [0.25, 0.3) is 0 Å². The Bertz CT molecular complexity index is 1130. The maximum atomic E-state index is 11.0. The molecule has 35 heavy (non-hydrogen) atoms. The molecule has 0 atom stereocenters. The second kappa shape index (κ2) is 12.6. The Kier molecular flexibility index (Phi) is 9.55. The summed E-state index contributed by atoms with van der Waals surface area (Å²) in [6.45, 7) is 7.87. The van der Waals surface area contributed by atoms with E-state index < -0.39 is 25.7 Å². The molecule has 0 aromatic heterocycles. The molecule has 4 aromatic rings. The standard InChI is InChI=1S/C13H18O3.3C6H5.Sn/c1-7(2)9-5-10(8(3)4)12(14)11(6-9)13(15)16;3*1-2-4-6-5-3-1;/h5-8,14H,1-4H3,(H,15,16);3*1-5H;. The van der Waals surface area contributed by atoms with Gasteiger partial charge in [0.05, 0.1) is 0 Å². The van der Waals surface area contributed by atoms with Crippen LogP contribution < -0.4 is 10.7 Å². The second-order valence-corrected chi connectivity index (χ2v) is 16.2.